The second-order valence-electron chi connectivity index (χ2n) is 5.46. The van der Waals surface area contributed by atoms with Crippen LogP contribution in [0.1, 0.15) is 29.6 Å². The monoisotopic (exact) mass is 313 g/mol. The maximum Gasteiger partial charge on any atom is 0.258 e. The number of carbonyl (C=O) groups is 1. The lowest BCUT2D eigenvalue weighted by Crippen LogP contribution is -2.29. The minimum Gasteiger partial charge on any atom is -0.372 e. The molecule has 1 aromatic carbocycles. The van der Waals surface area contributed by atoms with Crippen molar-refractivity contribution in [1.29, 1.82) is 0 Å². The van der Waals surface area contributed by atoms with Crippen LogP contribution in [0.25, 0.3) is 0 Å². The van der Waals surface area contributed by atoms with Gasteiger partial charge in [-0.1, -0.05) is 12.2 Å². The van der Waals surface area contributed by atoms with Gasteiger partial charge in [-0.15, -0.1) is 0 Å². The van der Waals surface area contributed by atoms with Crippen LogP contribution in [0.15, 0.2) is 42.6 Å². The lowest BCUT2D eigenvalue weighted by atomic mass is 10.1. The first-order chi connectivity index (χ1) is 10.7. The largest absolute Gasteiger partial charge is 0.372 e. The van der Waals surface area contributed by atoms with E-state index in [1.807, 2.05) is 12.1 Å². The molecule has 1 saturated heterocycles. The van der Waals surface area contributed by atoms with Gasteiger partial charge in [0.2, 0.25) is 0 Å². The highest BCUT2D eigenvalue weighted by molar-refractivity contribution is 7.71. The van der Waals surface area contributed by atoms with E-state index in [1.54, 1.807) is 18.3 Å². The second-order valence-corrected chi connectivity index (χ2v) is 5.87. The number of carbonyl (C=O) groups excluding carboxylic acids is 1. The van der Waals surface area contributed by atoms with Crippen molar-refractivity contribution in [1.82, 2.24) is 4.98 Å². The topological polar surface area (TPSA) is 48.1 Å². The van der Waals surface area contributed by atoms with E-state index in [2.05, 4.69) is 27.3 Å². The Kier molecular flexibility index (Phi) is 4.53. The maximum atomic E-state index is 12.2. The van der Waals surface area contributed by atoms with Crippen molar-refractivity contribution < 1.29 is 4.79 Å². The van der Waals surface area contributed by atoms with E-state index in [1.165, 1.54) is 24.9 Å². The molecule has 0 atom stereocenters. The summed E-state index contributed by atoms with van der Waals surface area (Å²) in [4.78, 5) is 17.5. The van der Waals surface area contributed by atoms with Gasteiger partial charge in [-0.2, -0.15) is 0 Å². The van der Waals surface area contributed by atoms with Gasteiger partial charge in [-0.25, -0.2) is 0 Å². The second kappa shape index (κ2) is 6.75. The Hall–Kier alpha value is -2.14. The van der Waals surface area contributed by atoms with Crippen molar-refractivity contribution in [2.24, 2.45) is 0 Å². The fraction of sp³-hybridized carbons (Fsp3) is 0.294. The number of hydrogen-bond donors (Lipinski definition) is 2. The van der Waals surface area contributed by atoms with Gasteiger partial charge in [0.1, 0.15) is 4.64 Å². The SMILES string of the molecule is O=C(Nc1ccc(N2CCCCC2)cc1)c1ccc[nH]c1=S. The Morgan fingerprint density at radius 3 is 2.50 bits per heavy atom. The van der Waals surface area contributed by atoms with Gasteiger partial charge in [-0.3, -0.25) is 4.79 Å². The summed E-state index contributed by atoms with van der Waals surface area (Å²) in [5.74, 6) is -0.187. The smallest absolute Gasteiger partial charge is 0.258 e. The molecule has 3 rings (SSSR count). The molecule has 0 aliphatic carbocycles. The Labute approximate surface area is 135 Å². The Bertz CT molecular complexity index is 702. The number of rotatable bonds is 3. The molecule has 1 aliphatic rings. The van der Waals surface area contributed by atoms with E-state index in [-0.39, 0.29) is 5.91 Å². The summed E-state index contributed by atoms with van der Waals surface area (Å²) >= 11 is 5.13. The van der Waals surface area contributed by atoms with E-state index < -0.39 is 0 Å². The number of pyridine rings is 1. The highest BCUT2D eigenvalue weighted by Gasteiger charge is 2.11. The summed E-state index contributed by atoms with van der Waals surface area (Å²) in [6.07, 6.45) is 5.55. The van der Waals surface area contributed by atoms with Gasteiger partial charge in [0.05, 0.1) is 5.56 Å². The fourth-order valence-corrected chi connectivity index (χ4v) is 2.94. The Morgan fingerprint density at radius 2 is 1.82 bits per heavy atom. The quantitative estimate of drug-likeness (QED) is 0.842. The number of nitrogens with zero attached hydrogens (tertiary/aromatic N) is 1. The molecule has 0 spiro atoms. The lowest BCUT2D eigenvalue weighted by Gasteiger charge is -2.28. The first-order valence-corrected chi connectivity index (χ1v) is 7.99. The number of aromatic amines is 1. The molecule has 1 aliphatic heterocycles. The van der Waals surface area contributed by atoms with Crippen LogP contribution in [-0.4, -0.2) is 24.0 Å². The molecule has 1 amide bonds. The minimum absolute atomic E-state index is 0.187. The molecule has 1 aromatic heterocycles. The van der Waals surface area contributed by atoms with Crippen LogP contribution < -0.4 is 10.2 Å². The summed E-state index contributed by atoms with van der Waals surface area (Å²) in [6.45, 7) is 2.23. The highest BCUT2D eigenvalue weighted by atomic mass is 32.1. The third kappa shape index (κ3) is 3.36. The molecule has 2 heterocycles. The van der Waals surface area contributed by atoms with Crippen molar-refractivity contribution in [3.8, 4) is 0 Å². The van der Waals surface area contributed by atoms with E-state index in [0.29, 0.717) is 10.2 Å². The Morgan fingerprint density at radius 1 is 1.09 bits per heavy atom. The van der Waals surface area contributed by atoms with Crippen LogP contribution in [0.4, 0.5) is 11.4 Å². The van der Waals surface area contributed by atoms with Crippen LogP contribution in [0.5, 0.6) is 0 Å². The predicted molar refractivity (Wildman–Crippen MR) is 92.1 cm³/mol. The number of amides is 1. The van der Waals surface area contributed by atoms with Crippen LogP contribution in [0.2, 0.25) is 0 Å². The van der Waals surface area contributed by atoms with Gasteiger partial charge in [0.25, 0.3) is 5.91 Å². The van der Waals surface area contributed by atoms with E-state index >= 15 is 0 Å². The van der Waals surface area contributed by atoms with Crippen molar-refractivity contribution >= 4 is 29.5 Å². The molecule has 0 saturated carbocycles. The molecule has 5 heteroatoms. The van der Waals surface area contributed by atoms with Crippen molar-refractivity contribution in [3.05, 3.63) is 52.8 Å². The summed E-state index contributed by atoms with van der Waals surface area (Å²) in [5, 5.41) is 2.89. The fourth-order valence-electron chi connectivity index (χ4n) is 2.71. The molecule has 22 heavy (non-hydrogen) atoms. The van der Waals surface area contributed by atoms with Crippen molar-refractivity contribution in [2.75, 3.05) is 23.3 Å². The van der Waals surface area contributed by atoms with Crippen molar-refractivity contribution in [3.63, 3.8) is 0 Å². The minimum atomic E-state index is -0.187. The standard InChI is InChI=1S/C17H19N3OS/c21-16(15-5-4-10-18-17(15)22)19-13-6-8-14(9-7-13)20-11-2-1-3-12-20/h4-10H,1-3,11-12H2,(H,18,22)(H,19,21). The van der Waals surface area contributed by atoms with E-state index in [4.69, 9.17) is 12.2 Å². The highest BCUT2D eigenvalue weighted by Crippen LogP contribution is 2.22. The van der Waals surface area contributed by atoms with Gasteiger partial charge in [0, 0.05) is 30.7 Å². The Balaban J connectivity index is 1.69. The zero-order valence-corrected chi connectivity index (χ0v) is 13.2. The normalized spacial score (nSPS) is 14.6. The number of anilines is 2. The van der Waals surface area contributed by atoms with E-state index in [9.17, 15) is 4.79 Å². The third-order valence-corrected chi connectivity index (χ3v) is 4.25. The van der Waals surface area contributed by atoms with Crippen LogP contribution in [-0.2, 0) is 0 Å². The number of piperidine rings is 1. The van der Waals surface area contributed by atoms with Crippen LogP contribution in [0, 0.1) is 4.64 Å². The van der Waals surface area contributed by atoms with Crippen molar-refractivity contribution in [2.45, 2.75) is 19.3 Å². The molecule has 0 bridgehead atoms. The zero-order valence-electron chi connectivity index (χ0n) is 12.3. The molecule has 114 valence electrons. The van der Waals surface area contributed by atoms with Gasteiger partial charge < -0.3 is 15.2 Å². The number of benzene rings is 1. The first-order valence-electron chi connectivity index (χ1n) is 7.58. The molecule has 2 aromatic rings. The predicted octanol–water partition coefficient (Wildman–Crippen LogP) is 3.99. The average Bonchev–Trinajstić information content (AvgIpc) is 2.57. The lowest BCUT2D eigenvalue weighted by molar-refractivity contribution is 0.102. The molecule has 0 unspecified atom stereocenters. The molecule has 1 fully saturated rings. The van der Waals surface area contributed by atoms with Crippen LogP contribution >= 0.6 is 12.2 Å². The number of nitrogens with one attached hydrogen (secondary N) is 2. The number of H-pyrrole nitrogens is 1. The van der Waals surface area contributed by atoms with Gasteiger partial charge in [0.15, 0.2) is 0 Å². The average molecular weight is 313 g/mol. The summed E-state index contributed by atoms with van der Waals surface area (Å²) in [7, 11) is 0. The van der Waals surface area contributed by atoms with Gasteiger partial charge >= 0.3 is 0 Å². The third-order valence-electron chi connectivity index (χ3n) is 3.91. The zero-order chi connectivity index (χ0) is 15.4. The molecule has 0 radical (unpaired) electrons. The van der Waals surface area contributed by atoms with Crippen LogP contribution in [0.3, 0.4) is 0 Å². The summed E-state index contributed by atoms with van der Waals surface area (Å²) in [6, 6.07) is 11.5. The summed E-state index contributed by atoms with van der Waals surface area (Å²) < 4.78 is 0.449. The molecular weight excluding hydrogens is 294 g/mol. The number of aromatic nitrogens is 1. The van der Waals surface area contributed by atoms with Gasteiger partial charge in [-0.05, 0) is 55.7 Å². The first kappa shape index (κ1) is 14.8. The molecular formula is C17H19N3OS. The molecule has 4 nitrogen and oxygen atoms in total. The number of hydrogen-bond acceptors (Lipinski definition) is 3. The maximum absolute atomic E-state index is 12.2. The summed E-state index contributed by atoms with van der Waals surface area (Å²) in [5.41, 5.74) is 2.48. The molecule has 2 N–H and O–H groups in total. The van der Waals surface area contributed by atoms with E-state index in [0.717, 1.165) is 18.8 Å².